The van der Waals surface area contributed by atoms with Gasteiger partial charge in [0.25, 0.3) is 0 Å². The Morgan fingerprint density at radius 2 is 1.90 bits per heavy atom. The summed E-state index contributed by atoms with van der Waals surface area (Å²) in [5, 5.41) is 0.502. The summed E-state index contributed by atoms with van der Waals surface area (Å²) in [5.74, 6) is 0.406. The molecule has 21 heavy (non-hydrogen) atoms. The van der Waals surface area contributed by atoms with Crippen molar-refractivity contribution in [2.45, 2.75) is 13.8 Å². The third kappa shape index (κ3) is 3.92. The molecule has 4 heteroatoms. The van der Waals surface area contributed by atoms with Crippen LogP contribution in [0, 0.1) is 0 Å². The van der Waals surface area contributed by atoms with Crippen molar-refractivity contribution in [2.75, 3.05) is 6.61 Å². The molecule has 0 N–H and O–H groups in total. The zero-order valence-electron chi connectivity index (χ0n) is 12.0. The standard InChI is InChI=1S/C17H16ClNO2/c1-3-21-12(2)19-16-10-9-14(18)11-15(16)17(20)13-7-5-4-6-8-13/h4-11H,3H2,1-2H3/b19-12+. The summed E-state index contributed by atoms with van der Waals surface area (Å²) in [5.41, 5.74) is 1.62. The predicted octanol–water partition coefficient (Wildman–Crippen LogP) is 4.66. The fourth-order valence-corrected chi connectivity index (χ4v) is 2.12. The highest BCUT2D eigenvalue weighted by molar-refractivity contribution is 6.31. The lowest BCUT2D eigenvalue weighted by molar-refractivity contribution is 0.103. The van der Waals surface area contributed by atoms with Gasteiger partial charge in [0, 0.05) is 23.1 Å². The van der Waals surface area contributed by atoms with Crippen LogP contribution < -0.4 is 0 Å². The molecule has 0 saturated carbocycles. The molecule has 0 aliphatic heterocycles. The first-order valence-corrected chi connectivity index (χ1v) is 7.07. The highest BCUT2D eigenvalue weighted by atomic mass is 35.5. The molecule has 0 aromatic heterocycles. The Bertz CT molecular complexity index is 666. The Hall–Kier alpha value is -2.13. The number of benzene rings is 2. The number of ketones is 1. The summed E-state index contributed by atoms with van der Waals surface area (Å²) in [7, 11) is 0. The minimum Gasteiger partial charge on any atom is -0.481 e. The minimum atomic E-state index is -0.110. The number of carbonyl (C=O) groups is 1. The molecule has 0 aliphatic rings. The van der Waals surface area contributed by atoms with Gasteiger partial charge >= 0.3 is 0 Å². The summed E-state index contributed by atoms with van der Waals surface area (Å²) >= 11 is 6.01. The van der Waals surface area contributed by atoms with Crippen LogP contribution in [0.1, 0.15) is 29.8 Å². The number of carbonyl (C=O) groups excluding carboxylic acids is 1. The first-order valence-electron chi connectivity index (χ1n) is 6.69. The molecular formula is C17H16ClNO2. The van der Waals surface area contributed by atoms with E-state index in [2.05, 4.69) is 4.99 Å². The molecule has 0 saturated heterocycles. The van der Waals surface area contributed by atoms with Gasteiger partial charge in [-0.05, 0) is 25.1 Å². The Balaban J connectivity index is 2.45. The number of aliphatic imine (C=N–C) groups is 1. The van der Waals surface area contributed by atoms with Gasteiger partial charge in [-0.3, -0.25) is 4.79 Å². The average Bonchev–Trinajstić information content (AvgIpc) is 2.49. The number of halogens is 1. The summed E-state index contributed by atoms with van der Waals surface area (Å²) in [4.78, 5) is 16.9. The fourth-order valence-electron chi connectivity index (χ4n) is 1.94. The highest BCUT2D eigenvalue weighted by Gasteiger charge is 2.14. The van der Waals surface area contributed by atoms with E-state index in [0.29, 0.717) is 34.3 Å². The van der Waals surface area contributed by atoms with Gasteiger partial charge < -0.3 is 4.74 Å². The monoisotopic (exact) mass is 301 g/mol. The second kappa shape index (κ2) is 7.04. The predicted molar refractivity (Wildman–Crippen MR) is 85.7 cm³/mol. The molecule has 108 valence electrons. The van der Waals surface area contributed by atoms with Gasteiger partial charge in [0.1, 0.15) is 0 Å². The van der Waals surface area contributed by atoms with Crippen molar-refractivity contribution in [1.82, 2.24) is 0 Å². The number of hydrogen-bond acceptors (Lipinski definition) is 3. The molecule has 0 heterocycles. The lowest BCUT2D eigenvalue weighted by Gasteiger charge is -2.07. The van der Waals surface area contributed by atoms with Crippen molar-refractivity contribution in [3.8, 4) is 0 Å². The Labute approximate surface area is 129 Å². The molecule has 3 nitrogen and oxygen atoms in total. The van der Waals surface area contributed by atoms with Crippen molar-refractivity contribution >= 4 is 29.0 Å². The number of nitrogens with zero attached hydrogens (tertiary/aromatic N) is 1. The van der Waals surface area contributed by atoms with Gasteiger partial charge in [0.15, 0.2) is 11.7 Å². The highest BCUT2D eigenvalue weighted by Crippen LogP contribution is 2.26. The van der Waals surface area contributed by atoms with Crippen molar-refractivity contribution in [3.05, 3.63) is 64.7 Å². The van der Waals surface area contributed by atoms with Gasteiger partial charge in [-0.2, -0.15) is 0 Å². The average molecular weight is 302 g/mol. The van der Waals surface area contributed by atoms with Crippen molar-refractivity contribution in [1.29, 1.82) is 0 Å². The zero-order valence-corrected chi connectivity index (χ0v) is 12.7. The van der Waals surface area contributed by atoms with E-state index in [1.165, 1.54) is 0 Å². The normalized spacial score (nSPS) is 11.3. The molecule has 0 amide bonds. The molecule has 2 aromatic rings. The van der Waals surface area contributed by atoms with E-state index >= 15 is 0 Å². The SMILES string of the molecule is CCO/C(C)=N/c1ccc(Cl)cc1C(=O)c1ccccc1. The van der Waals surface area contributed by atoms with Gasteiger partial charge in [-0.15, -0.1) is 0 Å². The molecule has 2 aromatic carbocycles. The van der Waals surface area contributed by atoms with E-state index in [4.69, 9.17) is 16.3 Å². The van der Waals surface area contributed by atoms with Gasteiger partial charge in [0.05, 0.1) is 12.3 Å². The van der Waals surface area contributed by atoms with Crippen LogP contribution in [0.3, 0.4) is 0 Å². The second-order valence-corrected chi connectivity index (χ2v) is 4.86. The van der Waals surface area contributed by atoms with E-state index in [1.807, 2.05) is 25.1 Å². The van der Waals surface area contributed by atoms with Gasteiger partial charge in [-0.1, -0.05) is 41.9 Å². The van der Waals surface area contributed by atoms with Crippen LogP contribution in [-0.2, 0) is 4.74 Å². The molecule has 0 spiro atoms. The van der Waals surface area contributed by atoms with Crippen LogP contribution in [0.4, 0.5) is 5.69 Å². The Morgan fingerprint density at radius 1 is 1.19 bits per heavy atom. The Kier molecular flexibility index (Phi) is 5.12. The zero-order chi connectivity index (χ0) is 15.2. The maximum Gasteiger partial charge on any atom is 0.195 e. The summed E-state index contributed by atoms with van der Waals surface area (Å²) in [6, 6.07) is 14.1. The first kappa shape index (κ1) is 15.3. The maximum absolute atomic E-state index is 12.6. The summed E-state index contributed by atoms with van der Waals surface area (Å²) < 4.78 is 5.32. The van der Waals surface area contributed by atoms with E-state index in [-0.39, 0.29) is 5.78 Å². The smallest absolute Gasteiger partial charge is 0.195 e. The molecule has 0 bridgehead atoms. The van der Waals surface area contributed by atoms with Crippen LogP contribution in [-0.4, -0.2) is 18.3 Å². The fraction of sp³-hybridized carbons (Fsp3) is 0.176. The quantitative estimate of drug-likeness (QED) is 0.468. The van der Waals surface area contributed by atoms with Gasteiger partial charge in [0.2, 0.25) is 0 Å². The third-order valence-electron chi connectivity index (χ3n) is 2.87. The first-order chi connectivity index (χ1) is 10.1. The van der Waals surface area contributed by atoms with Crippen molar-refractivity contribution in [3.63, 3.8) is 0 Å². The lowest BCUT2D eigenvalue weighted by Crippen LogP contribution is -2.03. The number of rotatable bonds is 4. The maximum atomic E-state index is 12.6. The molecule has 0 atom stereocenters. The van der Waals surface area contributed by atoms with Gasteiger partial charge in [-0.25, -0.2) is 4.99 Å². The largest absolute Gasteiger partial charge is 0.481 e. The lowest BCUT2D eigenvalue weighted by atomic mass is 10.0. The minimum absolute atomic E-state index is 0.110. The van der Waals surface area contributed by atoms with E-state index in [9.17, 15) is 4.79 Å². The third-order valence-corrected chi connectivity index (χ3v) is 3.11. The summed E-state index contributed by atoms with van der Waals surface area (Å²) in [6.45, 7) is 4.18. The van der Waals surface area contributed by atoms with Crippen LogP contribution in [0.5, 0.6) is 0 Å². The molecular weight excluding hydrogens is 286 g/mol. The number of hydrogen-bond donors (Lipinski definition) is 0. The molecule has 0 fully saturated rings. The van der Waals surface area contributed by atoms with E-state index in [1.54, 1.807) is 37.3 Å². The number of ether oxygens (including phenoxy) is 1. The molecule has 2 rings (SSSR count). The van der Waals surface area contributed by atoms with Crippen LogP contribution >= 0.6 is 11.6 Å². The van der Waals surface area contributed by atoms with Crippen molar-refractivity contribution in [2.24, 2.45) is 4.99 Å². The second-order valence-electron chi connectivity index (χ2n) is 4.42. The van der Waals surface area contributed by atoms with E-state index < -0.39 is 0 Å². The van der Waals surface area contributed by atoms with Crippen molar-refractivity contribution < 1.29 is 9.53 Å². The molecule has 0 aliphatic carbocycles. The van der Waals surface area contributed by atoms with Crippen LogP contribution in [0.15, 0.2) is 53.5 Å². The summed E-state index contributed by atoms with van der Waals surface area (Å²) in [6.07, 6.45) is 0. The van der Waals surface area contributed by atoms with Crippen LogP contribution in [0.2, 0.25) is 5.02 Å². The molecule has 0 radical (unpaired) electrons. The molecule has 0 unspecified atom stereocenters. The Morgan fingerprint density at radius 3 is 2.57 bits per heavy atom. The topological polar surface area (TPSA) is 38.7 Å². The van der Waals surface area contributed by atoms with E-state index in [0.717, 1.165) is 0 Å². The van der Waals surface area contributed by atoms with Crippen LogP contribution in [0.25, 0.3) is 0 Å².